The van der Waals surface area contributed by atoms with Crippen molar-refractivity contribution >= 4 is 11.9 Å². The van der Waals surface area contributed by atoms with Crippen LogP contribution in [-0.4, -0.2) is 35.2 Å². The second-order valence-electron chi connectivity index (χ2n) is 4.57. The fourth-order valence-corrected chi connectivity index (χ4v) is 1.72. The van der Waals surface area contributed by atoms with E-state index in [1.807, 2.05) is 31.2 Å². The van der Waals surface area contributed by atoms with E-state index in [9.17, 15) is 9.59 Å². The summed E-state index contributed by atoms with van der Waals surface area (Å²) in [4.78, 5) is 21.3. The van der Waals surface area contributed by atoms with E-state index in [1.165, 1.54) is 11.1 Å². The average molecular weight is 265 g/mol. The second kappa shape index (κ2) is 7.53. The number of benzene rings is 1. The van der Waals surface area contributed by atoms with Gasteiger partial charge in [-0.2, -0.15) is 0 Å². The van der Waals surface area contributed by atoms with Crippen LogP contribution in [0, 0.1) is 12.8 Å². The summed E-state index contributed by atoms with van der Waals surface area (Å²) in [5, 5.41) is 20.5. The maximum Gasteiger partial charge on any atom is 0.308 e. The van der Waals surface area contributed by atoms with Crippen molar-refractivity contribution in [1.82, 2.24) is 5.32 Å². The third-order valence-corrected chi connectivity index (χ3v) is 2.87. The third-order valence-electron chi connectivity index (χ3n) is 2.87. The lowest BCUT2D eigenvalue weighted by atomic mass is 10.1. The highest BCUT2D eigenvalue weighted by molar-refractivity contribution is 5.77. The van der Waals surface area contributed by atoms with E-state index in [2.05, 4.69) is 5.32 Å². The molecule has 0 saturated carbocycles. The van der Waals surface area contributed by atoms with Gasteiger partial charge in [0, 0.05) is 6.54 Å². The van der Waals surface area contributed by atoms with E-state index in [4.69, 9.17) is 10.2 Å². The number of aliphatic carboxylic acids is 2. The van der Waals surface area contributed by atoms with Gasteiger partial charge in [-0.05, 0) is 25.5 Å². The molecule has 0 aliphatic carbocycles. The lowest BCUT2D eigenvalue weighted by Gasteiger charge is -2.11. The fraction of sp³-hybridized carbons (Fsp3) is 0.429. The van der Waals surface area contributed by atoms with Crippen molar-refractivity contribution in [2.45, 2.75) is 19.8 Å². The van der Waals surface area contributed by atoms with Crippen molar-refractivity contribution in [3.05, 3.63) is 35.4 Å². The zero-order valence-corrected chi connectivity index (χ0v) is 10.9. The summed E-state index contributed by atoms with van der Waals surface area (Å²) in [6, 6.07) is 8.12. The number of aryl methyl sites for hydroxylation is 1. The molecule has 0 heterocycles. The number of rotatable bonds is 8. The zero-order chi connectivity index (χ0) is 14.3. The Labute approximate surface area is 112 Å². The first-order valence-corrected chi connectivity index (χ1v) is 6.20. The summed E-state index contributed by atoms with van der Waals surface area (Å²) < 4.78 is 0. The van der Waals surface area contributed by atoms with Gasteiger partial charge in [-0.1, -0.05) is 29.8 Å². The smallest absolute Gasteiger partial charge is 0.308 e. The average Bonchev–Trinajstić information content (AvgIpc) is 2.34. The lowest BCUT2D eigenvalue weighted by Crippen LogP contribution is -2.31. The summed E-state index contributed by atoms with van der Waals surface area (Å²) in [6.45, 7) is 2.82. The molecule has 0 fully saturated rings. The molecule has 0 aliphatic heterocycles. The topological polar surface area (TPSA) is 86.6 Å². The molecule has 0 radical (unpaired) electrons. The summed E-state index contributed by atoms with van der Waals surface area (Å²) in [6.07, 6.45) is 0.437. The van der Waals surface area contributed by atoms with E-state index < -0.39 is 17.9 Å². The van der Waals surface area contributed by atoms with Gasteiger partial charge in [0.15, 0.2) is 0 Å². The van der Waals surface area contributed by atoms with Crippen LogP contribution >= 0.6 is 0 Å². The van der Waals surface area contributed by atoms with E-state index in [0.717, 1.165) is 6.42 Å². The molecule has 1 atom stereocenters. The normalized spacial score (nSPS) is 12.1. The van der Waals surface area contributed by atoms with Crippen LogP contribution in [0.2, 0.25) is 0 Å². The van der Waals surface area contributed by atoms with Crippen LogP contribution in [0.3, 0.4) is 0 Å². The lowest BCUT2D eigenvalue weighted by molar-refractivity contribution is -0.148. The van der Waals surface area contributed by atoms with Crippen LogP contribution in [0.1, 0.15) is 17.5 Å². The van der Waals surface area contributed by atoms with Gasteiger partial charge in [-0.15, -0.1) is 0 Å². The minimum atomic E-state index is -1.09. The number of hydrogen-bond acceptors (Lipinski definition) is 3. The Bertz CT molecular complexity index is 428. The molecule has 5 nitrogen and oxygen atoms in total. The first-order valence-electron chi connectivity index (χ1n) is 6.20. The molecule has 5 heteroatoms. The van der Waals surface area contributed by atoms with Crippen LogP contribution in [0.4, 0.5) is 0 Å². The van der Waals surface area contributed by atoms with Crippen molar-refractivity contribution in [3.63, 3.8) is 0 Å². The van der Waals surface area contributed by atoms with Crippen LogP contribution in [0.15, 0.2) is 24.3 Å². The van der Waals surface area contributed by atoms with E-state index in [-0.39, 0.29) is 13.0 Å². The SMILES string of the molecule is Cc1ccc(CCNCC(CC(=O)O)C(=O)O)cc1. The fourth-order valence-electron chi connectivity index (χ4n) is 1.72. The number of carboxylic acid groups (broad SMARTS) is 2. The predicted molar refractivity (Wildman–Crippen MR) is 71.1 cm³/mol. The number of carboxylic acids is 2. The molecule has 19 heavy (non-hydrogen) atoms. The first-order chi connectivity index (χ1) is 8.99. The van der Waals surface area contributed by atoms with Crippen molar-refractivity contribution < 1.29 is 19.8 Å². The van der Waals surface area contributed by atoms with E-state index >= 15 is 0 Å². The molecule has 0 bridgehead atoms. The van der Waals surface area contributed by atoms with Gasteiger partial charge < -0.3 is 15.5 Å². The van der Waals surface area contributed by atoms with Crippen molar-refractivity contribution in [1.29, 1.82) is 0 Å². The highest BCUT2D eigenvalue weighted by Gasteiger charge is 2.20. The number of hydrogen-bond donors (Lipinski definition) is 3. The van der Waals surface area contributed by atoms with Gasteiger partial charge in [0.05, 0.1) is 12.3 Å². The van der Waals surface area contributed by atoms with Crippen LogP contribution < -0.4 is 5.32 Å². The number of carbonyl (C=O) groups is 2. The molecular weight excluding hydrogens is 246 g/mol. The maximum absolute atomic E-state index is 10.8. The molecule has 0 spiro atoms. The van der Waals surface area contributed by atoms with Crippen LogP contribution in [-0.2, 0) is 16.0 Å². The van der Waals surface area contributed by atoms with Gasteiger partial charge in [0.25, 0.3) is 0 Å². The summed E-state index contributed by atoms with van der Waals surface area (Å²) >= 11 is 0. The number of nitrogens with one attached hydrogen (secondary N) is 1. The van der Waals surface area contributed by atoms with Gasteiger partial charge in [-0.25, -0.2) is 0 Å². The Morgan fingerprint density at radius 3 is 2.37 bits per heavy atom. The maximum atomic E-state index is 10.8. The molecule has 1 rings (SSSR count). The Kier molecular flexibility index (Phi) is 6.02. The Morgan fingerprint density at radius 1 is 1.21 bits per heavy atom. The monoisotopic (exact) mass is 265 g/mol. The van der Waals surface area contributed by atoms with Gasteiger partial charge in [-0.3, -0.25) is 9.59 Å². The second-order valence-corrected chi connectivity index (χ2v) is 4.57. The predicted octanol–water partition coefficient (Wildman–Crippen LogP) is 1.30. The van der Waals surface area contributed by atoms with Gasteiger partial charge in [0.1, 0.15) is 0 Å². The van der Waals surface area contributed by atoms with Crippen molar-refractivity contribution in [2.75, 3.05) is 13.1 Å². The van der Waals surface area contributed by atoms with Crippen molar-refractivity contribution in [3.8, 4) is 0 Å². The third kappa shape index (κ3) is 6.01. The van der Waals surface area contributed by atoms with E-state index in [1.54, 1.807) is 0 Å². The molecular formula is C14H19NO4. The Balaban J connectivity index is 2.30. The molecule has 1 unspecified atom stereocenters. The minimum absolute atomic E-state index is 0.174. The summed E-state index contributed by atoms with van der Waals surface area (Å²) in [7, 11) is 0. The highest BCUT2D eigenvalue weighted by Crippen LogP contribution is 2.04. The Hall–Kier alpha value is -1.88. The van der Waals surface area contributed by atoms with Crippen LogP contribution in [0.25, 0.3) is 0 Å². The molecule has 104 valence electrons. The van der Waals surface area contributed by atoms with Crippen molar-refractivity contribution in [2.24, 2.45) is 5.92 Å². The molecule has 0 saturated heterocycles. The summed E-state index contributed by atoms with van der Waals surface area (Å²) in [5.74, 6) is -3.05. The zero-order valence-electron chi connectivity index (χ0n) is 10.9. The van der Waals surface area contributed by atoms with Gasteiger partial charge in [0.2, 0.25) is 0 Å². The minimum Gasteiger partial charge on any atom is -0.481 e. The van der Waals surface area contributed by atoms with Gasteiger partial charge >= 0.3 is 11.9 Å². The highest BCUT2D eigenvalue weighted by atomic mass is 16.4. The van der Waals surface area contributed by atoms with Crippen LogP contribution in [0.5, 0.6) is 0 Å². The quantitative estimate of drug-likeness (QED) is 0.617. The first kappa shape index (κ1) is 15.2. The molecule has 0 aromatic heterocycles. The van der Waals surface area contributed by atoms with E-state index in [0.29, 0.717) is 6.54 Å². The molecule has 0 amide bonds. The summed E-state index contributed by atoms with van der Waals surface area (Å²) in [5.41, 5.74) is 2.37. The molecule has 1 aromatic carbocycles. The molecule has 0 aliphatic rings. The standard InChI is InChI=1S/C14H19NO4/c1-10-2-4-11(5-3-10)6-7-15-9-12(14(18)19)8-13(16)17/h2-5,12,15H,6-9H2,1H3,(H,16,17)(H,18,19). The molecule has 1 aromatic rings. The molecule has 3 N–H and O–H groups in total. The Morgan fingerprint density at radius 2 is 1.84 bits per heavy atom. The largest absolute Gasteiger partial charge is 0.481 e.